The van der Waals surface area contributed by atoms with Gasteiger partial charge in [0, 0.05) is 0 Å². The van der Waals surface area contributed by atoms with Crippen LogP contribution in [0.15, 0.2) is 84.9 Å². The first-order valence-electron chi connectivity index (χ1n) is 11.4. The molecule has 0 N–H and O–H groups in total. The summed E-state index contributed by atoms with van der Waals surface area (Å²) in [5, 5.41) is 4.96. The maximum Gasteiger partial charge on any atom is 0.184 e. The predicted octanol–water partition coefficient (Wildman–Crippen LogP) is 8.48. The summed E-state index contributed by atoms with van der Waals surface area (Å²) >= 11 is 0. The summed E-state index contributed by atoms with van der Waals surface area (Å²) in [5.41, 5.74) is 2.37. The highest BCUT2D eigenvalue weighted by Crippen LogP contribution is 2.40. The van der Waals surface area contributed by atoms with Crippen LogP contribution in [0.2, 0.25) is 39.3 Å². The number of rotatable bonds is 7. The van der Waals surface area contributed by atoms with Gasteiger partial charge in [-0.05, 0) is 84.1 Å². The Labute approximate surface area is 194 Å². The molecule has 0 aliphatic rings. The minimum Gasteiger partial charge on any atom is -0.408 e. The second-order valence-electron chi connectivity index (χ2n) is 10.5. The molecule has 0 fully saturated rings. The Morgan fingerprint density at radius 3 is 1.16 bits per heavy atom. The van der Waals surface area contributed by atoms with E-state index in [1.807, 2.05) is 0 Å². The second-order valence-corrected chi connectivity index (χ2v) is 19.4. The Balaban J connectivity index is 1.86. The summed E-state index contributed by atoms with van der Waals surface area (Å²) < 4.78 is 13.8. The number of fused-ring (bicyclic) bond motifs is 2. The van der Waals surface area contributed by atoms with Crippen LogP contribution in [0.5, 0.6) is 0 Å². The summed E-state index contributed by atoms with van der Waals surface area (Å²) in [6, 6.07) is 30.4. The molecule has 2 unspecified atom stereocenters. The van der Waals surface area contributed by atoms with Crippen LogP contribution in [0.4, 0.5) is 0 Å². The topological polar surface area (TPSA) is 18.5 Å². The molecule has 4 rings (SSSR count). The summed E-state index contributed by atoms with van der Waals surface area (Å²) in [6.45, 7) is 13.5. The Morgan fingerprint density at radius 2 is 0.812 bits per heavy atom. The minimum atomic E-state index is -1.86. The zero-order valence-corrected chi connectivity index (χ0v) is 22.1. The van der Waals surface area contributed by atoms with E-state index in [9.17, 15) is 0 Å². The molecule has 0 aliphatic carbocycles. The highest BCUT2D eigenvalue weighted by atomic mass is 28.4. The molecule has 4 heteroatoms. The molecule has 4 aromatic carbocycles. The van der Waals surface area contributed by atoms with Gasteiger partial charge >= 0.3 is 0 Å². The molecular formula is C28H34O2Si2. The first kappa shape index (κ1) is 22.9. The summed E-state index contributed by atoms with van der Waals surface area (Å²) in [4.78, 5) is 0. The molecule has 0 spiro atoms. The molecule has 0 amide bonds. The van der Waals surface area contributed by atoms with Gasteiger partial charge in [-0.25, -0.2) is 0 Å². The molecule has 0 radical (unpaired) electrons. The Bertz CT molecular complexity index is 1120. The van der Waals surface area contributed by atoms with Crippen LogP contribution < -0.4 is 0 Å². The molecular weight excluding hydrogens is 424 g/mol. The van der Waals surface area contributed by atoms with E-state index in [0.717, 1.165) is 0 Å². The largest absolute Gasteiger partial charge is 0.408 e. The van der Waals surface area contributed by atoms with Crippen molar-refractivity contribution in [1.29, 1.82) is 0 Å². The molecule has 2 atom stereocenters. The Morgan fingerprint density at radius 1 is 0.469 bits per heavy atom. The SMILES string of the molecule is C[Si](C)(C)OC(c1ccc2ccccc2c1)C(O[Si](C)(C)C)c1ccc2ccccc2c1. The van der Waals surface area contributed by atoms with E-state index in [0.29, 0.717) is 0 Å². The maximum absolute atomic E-state index is 6.88. The zero-order valence-electron chi connectivity index (χ0n) is 20.1. The van der Waals surface area contributed by atoms with Crippen LogP contribution in [-0.2, 0) is 8.85 Å². The van der Waals surface area contributed by atoms with Gasteiger partial charge in [-0.3, -0.25) is 0 Å². The molecule has 0 bridgehead atoms. The van der Waals surface area contributed by atoms with Crippen molar-refractivity contribution in [2.24, 2.45) is 0 Å². The standard InChI is InChI=1S/C28H34O2Si2/c1-31(2,3)29-27(25-17-15-21-11-7-9-13-23(21)19-25)28(30-32(4,5)6)26-18-16-22-12-8-10-14-24(22)20-26/h7-20,27-28H,1-6H3. The fraction of sp³-hybridized carbons (Fsp3) is 0.286. The van der Waals surface area contributed by atoms with Crippen molar-refractivity contribution >= 4 is 38.2 Å². The molecule has 166 valence electrons. The summed E-state index contributed by atoms with van der Waals surface area (Å²) in [6.07, 6.45) is -0.307. The zero-order chi connectivity index (χ0) is 22.9. The first-order valence-corrected chi connectivity index (χ1v) is 18.2. The van der Waals surface area contributed by atoms with E-state index < -0.39 is 16.6 Å². The van der Waals surface area contributed by atoms with Crippen molar-refractivity contribution in [2.75, 3.05) is 0 Å². The molecule has 0 saturated carbocycles. The quantitative estimate of drug-likeness (QED) is 0.258. The lowest BCUT2D eigenvalue weighted by atomic mass is 9.95. The van der Waals surface area contributed by atoms with Gasteiger partial charge in [0.05, 0.1) is 12.2 Å². The van der Waals surface area contributed by atoms with Crippen LogP contribution in [0.3, 0.4) is 0 Å². The lowest BCUT2D eigenvalue weighted by Crippen LogP contribution is -2.36. The van der Waals surface area contributed by atoms with Crippen molar-refractivity contribution in [3.63, 3.8) is 0 Å². The molecule has 2 nitrogen and oxygen atoms in total. The lowest BCUT2D eigenvalue weighted by Gasteiger charge is -2.37. The van der Waals surface area contributed by atoms with Gasteiger partial charge in [0.15, 0.2) is 16.6 Å². The molecule has 4 aromatic rings. The highest BCUT2D eigenvalue weighted by Gasteiger charge is 2.34. The molecule has 0 aromatic heterocycles. The third-order valence-electron chi connectivity index (χ3n) is 5.44. The van der Waals surface area contributed by atoms with Gasteiger partial charge in [0.25, 0.3) is 0 Å². The normalized spacial score (nSPS) is 14.6. The van der Waals surface area contributed by atoms with Crippen molar-refractivity contribution in [3.8, 4) is 0 Å². The van der Waals surface area contributed by atoms with Crippen molar-refractivity contribution < 1.29 is 8.85 Å². The predicted molar refractivity (Wildman–Crippen MR) is 142 cm³/mol. The average Bonchev–Trinajstić information content (AvgIpc) is 2.74. The van der Waals surface area contributed by atoms with Gasteiger partial charge in [0.2, 0.25) is 0 Å². The van der Waals surface area contributed by atoms with Crippen molar-refractivity contribution in [2.45, 2.75) is 51.5 Å². The monoisotopic (exact) mass is 458 g/mol. The minimum absolute atomic E-state index is 0.154. The van der Waals surface area contributed by atoms with Gasteiger partial charge in [-0.2, -0.15) is 0 Å². The van der Waals surface area contributed by atoms with Gasteiger partial charge in [0.1, 0.15) is 0 Å². The van der Waals surface area contributed by atoms with Crippen LogP contribution in [-0.4, -0.2) is 16.6 Å². The molecule has 32 heavy (non-hydrogen) atoms. The van der Waals surface area contributed by atoms with Crippen molar-refractivity contribution in [3.05, 3.63) is 96.1 Å². The second kappa shape index (κ2) is 8.95. The van der Waals surface area contributed by atoms with Gasteiger partial charge in [-0.1, -0.05) is 72.8 Å². The van der Waals surface area contributed by atoms with E-state index in [1.165, 1.54) is 32.7 Å². The van der Waals surface area contributed by atoms with Crippen LogP contribution >= 0.6 is 0 Å². The Hall–Kier alpha value is -2.25. The number of hydrogen-bond donors (Lipinski definition) is 0. The van der Waals surface area contributed by atoms with Crippen LogP contribution in [0.1, 0.15) is 23.3 Å². The maximum atomic E-state index is 6.88. The van der Waals surface area contributed by atoms with E-state index in [1.54, 1.807) is 0 Å². The van der Waals surface area contributed by atoms with E-state index in [2.05, 4.69) is 124 Å². The fourth-order valence-electron chi connectivity index (χ4n) is 4.14. The summed E-state index contributed by atoms with van der Waals surface area (Å²) in [7, 11) is -3.72. The van der Waals surface area contributed by atoms with Crippen LogP contribution in [0, 0.1) is 0 Å². The van der Waals surface area contributed by atoms with Gasteiger partial charge in [-0.15, -0.1) is 0 Å². The lowest BCUT2D eigenvalue weighted by molar-refractivity contribution is 0.0422. The van der Waals surface area contributed by atoms with E-state index in [-0.39, 0.29) is 12.2 Å². The van der Waals surface area contributed by atoms with E-state index in [4.69, 9.17) is 8.85 Å². The Kier molecular flexibility index (Phi) is 6.41. The fourth-order valence-corrected chi connectivity index (χ4v) is 6.18. The van der Waals surface area contributed by atoms with E-state index >= 15 is 0 Å². The third-order valence-corrected chi connectivity index (χ3v) is 7.36. The molecule has 0 saturated heterocycles. The number of benzene rings is 4. The van der Waals surface area contributed by atoms with Crippen molar-refractivity contribution in [1.82, 2.24) is 0 Å². The average molecular weight is 459 g/mol. The molecule has 0 aliphatic heterocycles. The third kappa shape index (κ3) is 5.56. The smallest absolute Gasteiger partial charge is 0.184 e. The summed E-state index contributed by atoms with van der Waals surface area (Å²) in [5.74, 6) is 0. The van der Waals surface area contributed by atoms with Gasteiger partial charge < -0.3 is 8.85 Å². The first-order chi connectivity index (χ1) is 15.1. The highest BCUT2D eigenvalue weighted by molar-refractivity contribution is 6.70. The number of hydrogen-bond acceptors (Lipinski definition) is 2. The van der Waals surface area contributed by atoms with Crippen LogP contribution in [0.25, 0.3) is 21.5 Å². The molecule has 0 heterocycles.